The summed E-state index contributed by atoms with van der Waals surface area (Å²) in [5, 5.41) is 4.78. The number of aromatic nitrogens is 2. The van der Waals surface area contributed by atoms with Crippen LogP contribution >= 0.6 is 11.5 Å². The van der Waals surface area contributed by atoms with Crippen molar-refractivity contribution in [1.29, 1.82) is 0 Å². The van der Waals surface area contributed by atoms with Gasteiger partial charge in [-0.3, -0.25) is 0 Å². The molecule has 0 bridgehead atoms. The normalized spacial score (nSPS) is 21.3. The monoisotopic (exact) mass is 280 g/mol. The van der Waals surface area contributed by atoms with Gasteiger partial charge in [0, 0.05) is 36.6 Å². The predicted molar refractivity (Wildman–Crippen MR) is 80.0 cm³/mol. The van der Waals surface area contributed by atoms with Crippen molar-refractivity contribution >= 4 is 16.7 Å². The van der Waals surface area contributed by atoms with E-state index in [9.17, 15) is 0 Å². The van der Waals surface area contributed by atoms with E-state index in [2.05, 4.69) is 33.4 Å². The summed E-state index contributed by atoms with van der Waals surface area (Å²) >= 11 is 1.56. The van der Waals surface area contributed by atoms with Gasteiger partial charge in [-0.1, -0.05) is 13.8 Å². The largest absolute Gasteiger partial charge is 0.347 e. The van der Waals surface area contributed by atoms with Crippen molar-refractivity contribution in [3.63, 3.8) is 0 Å². The molecule has 3 rings (SSSR count). The third kappa shape index (κ3) is 3.45. The number of nitrogens with one attached hydrogen (secondary N) is 1. The second kappa shape index (κ2) is 5.75. The fourth-order valence-corrected chi connectivity index (χ4v) is 3.40. The summed E-state index contributed by atoms with van der Waals surface area (Å²) < 4.78 is 4.45. The van der Waals surface area contributed by atoms with E-state index in [0.717, 1.165) is 36.0 Å². The van der Waals surface area contributed by atoms with Gasteiger partial charge < -0.3 is 10.2 Å². The highest BCUT2D eigenvalue weighted by atomic mass is 32.1. The van der Waals surface area contributed by atoms with Crippen LogP contribution in [0.2, 0.25) is 0 Å². The van der Waals surface area contributed by atoms with Crippen LogP contribution in [0.3, 0.4) is 0 Å². The van der Waals surface area contributed by atoms with Crippen LogP contribution in [0, 0.1) is 5.92 Å². The Morgan fingerprint density at radius 2 is 2.00 bits per heavy atom. The van der Waals surface area contributed by atoms with Gasteiger partial charge in [0.05, 0.1) is 0 Å². The van der Waals surface area contributed by atoms with Gasteiger partial charge >= 0.3 is 0 Å². The maximum absolute atomic E-state index is 4.66. The molecule has 4 nitrogen and oxygen atoms in total. The first-order chi connectivity index (χ1) is 9.22. The number of hydrogen-bond acceptors (Lipinski definition) is 5. The molecule has 2 heterocycles. The Bertz CT molecular complexity index is 405. The van der Waals surface area contributed by atoms with Crippen LogP contribution in [0.25, 0.3) is 0 Å². The van der Waals surface area contributed by atoms with E-state index in [1.807, 2.05) is 0 Å². The van der Waals surface area contributed by atoms with Crippen molar-refractivity contribution in [1.82, 2.24) is 14.7 Å². The fraction of sp³-hybridized carbons (Fsp3) is 0.857. The van der Waals surface area contributed by atoms with Gasteiger partial charge in [-0.05, 0) is 38.1 Å². The lowest BCUT2D eigenvalue weighted by Crippen LogP contribution is -2.37. The molecule has 0 amide bonds. The van der Waals surface area contributed by atoms with Crippen molar-refractivity contribution in [3.05, 3.63) is 5.82 Å². The Balaban J connectivity index is 1.48. The van der Waals surface area contributed by atoms with Crippen molar-refractivity contribution in [2.75, 3.05) is 24.5 Å². The quantitative estimate of drug-likeness (QED) is 0.900. The number of piperidine rings is 1. The molecule has 106 valence electrons. The second-order valence-corrected chi connectivity index (χ2v) is 6.93. The van der Waals surface area contributed by atoms with Gasteiger partial charge in [0.15, 0.2) is 0 Å². The van der Waals surface area contributed by atoms with E-state index >= 15 is 0 Å². The first-order valence-electron chi connectivity index (χ1n) is 7.54. The highest BCUT2D eigenvalue weighted by Gasteiger charge is 2.25. The third-order valence-electron chi connectivity index (χ3n) is 4.11. The average molecular weight is 280 g/mol. The number of anilines is 1. The average Bonchev–Trinajstić information content (AvgIpc) is 3.11. The van der Waals surface area contributed by atoms with Crippen molar-refractivity contribution in [2.24, 2.45) is 5.92 Å². The summed E-state index contributed by atoms with van der Waals surface area (Å²) in [4.78, 5) is 7.07. The predicted octanol–water partition coefficient (Wildman–Crippen LogP) is 2.63. The molecule has 5 heteroatoms. The summed E-state index contributed by atoms with van der Waals surface area (Å²) in [7, 11) is 0. The second-order valence-electron chi connectivity index (χ2n) is 6.20. The molecule has 1 aromatic heterocycles. The molecule has 1 aliphatic carbocycles. The third-order valence-corrected chi connectivity index (χ3v) is 4.90. The Kier molecular flexibility index (Phi) is 4.03. The molecule has 19 heavy (non-hydrogen) atoms. The highest BCUT2D eigenvalue weighted by Crippen LogP contribution is 2.27. The molecule has 0 radical (unpaired) electrons. The maximum Gasteiger partial charge on any atom is 0.205 e. The molecule has 1 aromatic rings. The summed E-state index contributed by atoms with van der Waals surface area (Å²) in [5.41, 5.74) is 0. The molecule has 1 saturated carbocycles. The van der Waals surface area contributed by atoms with Crippen LogP contribution < -0.4 is 10.2 Å². The van der Waals surface area contributed by atoms with E-state index in [0.29, 0.717) is 5.92 Å². The molecule has 0 spiro atoms. The summed E-state index contributed by atoms with van der Waals surface area (Å²) in [6.45, 7) is 7.81. The van der Waals surface area contributed by atoms with Gasteiger partial charge in [-0.15, -0.1) is 0 Å². The first kappa shape index (κ1) is 13.3. The Morgan fingerprint density at radius 3 is 2.58 bits per heavy atom. The lowest BCUT2D eigenvalue weighted by atomic mass is 9.97. The van der Waals surface area contributed by atoms with E-state index in [1.165, 1.54) is 32.2 Å². The van der Waals surface area contributed by atoms with Crippen LogP contribution in [-0.4, -0.2) is 35.0 Å². The number of nitrogens with zero attached hydrogens (tertiary/aromatic N) is 3. The lowest BCUT2D eigenvalue weighted by Gasteiger charge is -2.31. The van der Waals surface area contributed by atoms with E-state index < -0.39 is 0 Å². The zero-order chi connectivity index (χ0) is 13.2. The fourth-order valence-electron chi connectivity index (χ4n) is 2.54. The summed E-state index contributed by atoms with van der Waals surface area (Å²) in [6.07, 6.45) is 5.36. The molecule has 1 N–H and O–H groups in total. The molecular formula is C14H24N4S. The van der Waals surface area contributed by atoms with Crippen LogP contribution in [-0.2, 0) is 0 Å². The van der Waals surface area contributed by atoms with Crippen molar-refractivity contribution in [2.45, 2.75) is 51.5 Å². The molecule has 0 atom stereocenters. The van der Waals surface area contributed by atoms with Gasteiger partial charge in [-0.2, -0.15) is 4.37 Å². The highest BCUT2D eigenvalue weighted by molar-refractivity contribution is 7.09. The van der Waals surface area contributed by atoms with Gasteiger partial charge in [0.2, 0.25) is 5.13 Å². The Morgan fingerprint density at radius 1 is 1.26 bits per heavy atom. The van der Waals surface area contributed by atoms with Crippen LogP contribution in [0.4, 0.5) is 5.13 Å². The van der Waals surface area contributed by atoms with Crippen molar-refractivity contribution in [3.8, 4) is 0 Å². The van der Waals surface area contributed by atoms with Crippen molar-refractivity contribution < 1.29 is 0 Å². The molecule has 0 unspecified atom stereocenters. The lowest BCUT2D eigenvalue weighted by molar-refractivity contribution is 0.382. The molecule has 0 aromatic carbocycles. The Hall–Kier alpha value is -0.680. The zero-order valence-corrected chi connectivity index (χ0v) is 12.7. The van der Waals surface area contributed by atoms with Gasteiger partial charge in [-0.25, -0.2) is 4.98 Å². The topological polar surface area (TPSA) is 41.1 Å². The van der Waals surface area contributed by atoms with Crippen LogP contribution in [0.1, 0.15) is 51.3 Å². The first-order valence-corrected chi connectivity index (χ1v) is 8.31. The molecule has 2 fully saturated rings. The molecule has 1 aliphatic heterocycles. The molecule has 1 saturated heterocycles. The van der Waals surface area contributed by atoms with Crippen LogP contribution in [0.5, 0.6) is 0 Å². The number of hydrogen-bond donors (Lipinski definition) is 1. The Labute approximate surface area is 119 Å². The molecular weight excluding hydrogens is 256 g/mol. The smallest absolute Gasteiger partial charge is 0.205 e. The van der Waals surface area contributed by atoms with Gasteiger partial charge in [0.25, 0.3) is 0 Å². The maximum atomic E-state index is 4.66. The SMILES string of the molecule is CC(C)c1nsc(N2CCC(CNC3CC3)CC2)n1. The minimum atomic E-state index is 0.435. The summed E-state index contributed by atoms with van der Waals surface area (Å²) in [6, 6.07) is 0.842. The zero-order valence-electron chi connectivity index (χ0n) is 11.9. The van der Waals surface area contributed by atoms with E-state index in [4.69, 9.17) is 0 Å². The number of rotatable bonds is 5. The minimum Gasteiger partial charge on any atom is -0.347 e. The minimum absolute atomic E-state index is 0.435. The molecule has 2 aliphatic rings. The van der Waals surface area contributed by atoms with E-state index in [1.54, 1.807) is 11.5 Å². The summed E-state index contributed by atoms with van der Waals surface area (Å²) in [5.74, 6) is 2.29. The van der Waals surface area contributed by atoms with Gasteiger partial charge in [0.1, 0.15) is 5.82 Å². The van der Waals surface area contributed by atoms with Crippen LogP contribution in [0.15, 0.2) is 0 Å². The van der Waals surface area contributed by atoms with E-state index in [-0.39, 0.29) is 0 Å². The standard InChI is InChI=1S/C14H24N4S/c1-10(2)13-16-14(19-17-13)18-7-5-11(6-8-18)9-15-12-3-4-12/h10-12,15H,3-9H2,1-2H3.